The molecule has 2 nitrogen and oxygen atoms in total. The SMILES string of the molecule is CCCCCCCCCC(N)C1CSc2ccccc2O1. The number of ether oxygens (including phenoxy) is 1. The van der Waals surface area contributed by atoms with E-state index < -0.39 is 0 Å². The minimum atomic E-state index is 0.168. The Hall–Kier alpha value is -0.670. The maximum absolute atomic E-state index is 6.33. The van der Waals surface area contributed by atoms with E-state index in [-0.39, 0.29) is 12.1 Å². The van der Waals surface area contributed by atoms with Crippen LogP contribution in [0, 0.1) is 0 Å². The first-order valence-corrected chi connectivity index (χ1v) is 9.44. The molecule has 21 heavy (non-hydrogen) atoms. The van der Waals surface area contributed by atoms with Gasteiger partial charge in [0.25, 0.3) is 0 Å². The molecule has 1 aromatic rings. The van der Waals surface area contributed by atoms with Crippen molar-refractivity contribution >= 4 is 11.8 Å². The highest BCUT2D eigenvalue weighted by Crippen LogP contribution is 2.35. The van der Waals surface area contributed by atoms with Crippen LogP contribution in [0.1, 0.15) is 58.3 Å². The predicted octanol–water partition coefficient (Wildman–Crippen LogP) is 5.01. The lowest BCUT2D eigenvalue weighted by atomic mass is 10.0. The zero-order valence-electron chi connectivity index (χ0n) is 13.2. The predicted molar refractivity (Wildman–Crippen MR) is 92.2 cm³/mol. The third kappa shape index (κ3) is 5.55. The molecule has 2 unspecified atom stereocenters. The summed E-state index contributed by atoms with van der Waals surface area (Å²) in [7, 11) is 0. The Morgan fingerprint density at radius 2 is 1.86 bits per heavy atom. The van der Waals surface area contributed by atoms with Gasteiger partial charge in [0.05, 0.1) is 0 Å². The summed E-state index contributed by atoms with van der Waals surface area (Å²) in [6, 6.07) is 8.44. The number of thioether (sulfide) groups is 1. The number of benzene rings is 1. The molecule has 0 radical (unpaired) electrons. The summed E-state index contributed by atoms with van der Waals surface area (Å²) in [6.45, 7) is 2.26. The lowest BCUT2D eigenvalue weighted by Gasteiger charge is -2.29. The van der Waals surface area contributed by atoms with Gasteiger partial charge >= 0.3 is 0 Å². The summed E-state index contributed by atoms with van der Waals surface area (Å²) < 4.78 is 6.06. The van der Waals surface area contributed by atoms with Crippen molar-refractivity contribution in [2.45, 2.75) is 75.3 Å². The van der Waals surface area contributed by atoms with Crippen LogP contribution in [0.4, 0.5) is 0 Å². The van der Waals surface area contributed by atoms with Crippen molar-refractivity contribution in [3.8, 4) is 5.75 Å². The molecule has 1 aromatic carbocycles. The summed E-state index contributed by atoms with van der Waals surface area (Å²) in [4.78, 5) is 1.25. The molecule has 0 saturated heterocycles. The van der Waals surface area contributed by atoms with E-state index in [1.165, 1.54) is 49.8 Å². The Bertz CT molecular complexity index is 410. The molecule has 118 valence electrons. The number of rotatable bonds is 9. The summed E-state index contributed by atoms with van der Waals surface area (Å²) in [5.41, 5.74) is 6.33. The zero-order chi connectivity index (χ0) is 14.9. The average molecular weight is 308 g/mol. The maximum Gasteiger partial charge on any atom is 0.133 e. The van der Waals surface area contributed by atoms with Crippen LogP contribution in [-0.4, -0.2) is 17.9 Å². The highest BCUT2D eigenvalue weighted by molar-refractivity contribution is 7.99. The second-order valence-electron chi connectivity index (χ2n) is 5.99. The highest BCUT2D eigenvalue weighted by atomic mass is 32.2. The third-order valence-electron chi connectivity index (χ3n) is 4.15. The maximum atomic E-state index is 6.33. The standard InChI is InChI=1S/C18H29NOS/c1-2-3-4-5-6-7-8-11-15(19)17-14-21-18-13-10-9-12-16(18)20-17/h9-10,12-13,15,17H,2-8,11,14,19H2,1H3. The van der Waals surface area contributed by atoms with Crippen molar-refractivity contribution in [2.24, 2.45) is 5.73 Å². The number of fused-ring (bicyclic) bond motifs is 1. The van der Waals surface area contributed by atoms with E-state index in [0.29, 0.717) is 0 Å². The molecule has 0 saturated carbocycles. The van der Waals surface area contributed by atoms with Gasteiger partial charge in [-0.25, -0.2) is 0 Å². The van der Waals surface area contributed by atoms with Gasteiger partial charge in [0.2, 0.25) is 0 Å². The molecule has 2 N–H and O–H groups in total. The molecule has 0 spiro atoms. The number of unbranched alkanes of at least 4 members (excludes halogenated alkanes) is 6. The van der Waals surface area contributed by atoms with Gasteiger partial charge in [-0.1, -0.05) is 64.0 Å². The van der Waals surface area contributed by atoms with Crippen LogP contribution >= 0.6 is 11.8 Å². The molecule has 0 aliphatic carbocycles. The topological polar surface area (TPSA) is 35.2 Å². The van der Waals surface area contributed by atoms with Crippen LogP contribution < -0.4 is 10.5 Å². The second kappa shape index (κ2) is 9.37. The van der Waals surface area contributed by atoms with Gasteiger partial charge in [0, 0.05) is 16.7 Å². The van der Waals surface area contributed by atoms with Gasteiger partial charge in [-0.15, -0.1) is 11.8 Å². The van der Waals surface area contributed by atoms with Crippen LogP contribution in [0.3, 0.4) is 0 Å². The Kier molecular flexibility index (Phi) is 7.45. The summed E-state index contributed by atoms with van der Waals surface area (Å²) >= 11 is 1.87. The van der Waals surface area contributed by atoms with Gasteiger partial charge in [-0.3, -0.25) is 0 Å². The van der Waals surface area contributed by atoms with Crippen molar-refractivity contribution < 1.29 is 4.74 Å². The van der Waals surface area contributed by atoms with Gasteiger partial charge in [-0.2, -0.15) is 0 Å². The fourth-order valence-corrected chi connectivity index (χ4v) is 3.86. The van der Waals surface area contributed by atoms with E-state index in [1.807, 2.05) is 17.8 Å². The Morgan fingerprint density at radius 1 is 1.14 bits per heavy atom. The summed E-state index contributed by atoms with van der Waals surface area (Å²) in [6.07, 6.45) is 10.6. The smallest absolute Gasteiger partial charge is 0.133 e. The fraction of sp³-hybridized carbons (Fsp3) is 0.667. The van der Waals surface area contributed by atoms with Crippen LogP contribution in [0.25, 0.3) is 0 Å². The normalized spacial score (nSPS) is 18.9. The summed E-state index contributed by atoms with van der Waals surface area (Å²) in [5.74, 6) is 1.99. The van der Waals surface area contributed by atoms with Crippen LogP contribution in [-0.2, 0) is 0 Å². The van der Waals surface area contributed by atoms with E-state index in [2.05, 4.69) is 25.1 Å². The second-order valence-corrected chi connectivity index (χ2v) is 7.05. The number of para-hydroxylation sites is 1. The molecule has 0 aromatic heterocycles. The van der Waals surface area contributed by atoms with Crippen LogP contribution in [0.15, 0.2) is 29.2 Å². The van der Waals surface area contributed by atoms with Crippen molar-refractivity contribution in [1.29, 1.82) is 0 Å². The van der Waals surface area contributed by atoms with E-state index in [9.17, 15) is 0 Å². The van der Waals surface area contributed by atoms with Crippen LogP contribution in [0.5, 0.6) is 5.75 Å². The lowest BCUT2D eigenvalue weighted by molar-refractivity contribution is 0.178. The largest absolute Gasteiger partial charge is 0.487 e. The molecule has 2 rings (SSSR count). The quantitative estimate of drug-likeness (QED) is 0.651. The molecular formula is C18H29NOS. The molecule has 1 heterocycles. The zero-order valence-corrected chi connectivity index (χ0v) is 14.0. The molecule has 0 fully saturated rings. The first-order chi connectivity index (χ1) is 10.3. The Morgan fingerprint density at radius 3 is 2.67 bits per heavy atom. The Balaban J connectivity index is 1.62. The van der Waals surface area contributed by atoms with E-state index in [0.717, 1.165) is 17.9 Å². The van der Waals surface area contributed by atoms with Crippen molar-refractivity contribution in [2.75, 3.05) is 5.75 Å². The number of hydrogen-bond donors (Lipinski definition) is 1. The van der Waals surface area contributed by atoms with E-state index in [4.69, 9.17) is 10.5 Å². The van der Waals surface area contributed by atoms with Gasteiger partial charge in [-0.05, 0) is 18.6 Å². The highest BCUT2D eigenvalue weighted by Gasteiger charge is 2.25. The van der Waals surface area contributed by atoms with Crippen molar-refractivity contribution in [3.63, 3.8) is 0 Å². The molecule has 3 heteroatoms. The van der Waals surface area contributed by atoms with Crippen molar-refractivity contribution in [3.05, 3.63) is 24.3 Å². The number of hydrogen-bond acceptors (Lipinski definition) is 3. The Labute approximate surface area is 133 Å². The molecule has 1 aliphatic rings. The summed E-state index contributed by atoms with van der Waals surface area (Å²) in [5, 5.41) is 0. The molecular weight excluding hydrogens is 278 g/mol. The third-order valence-corrected chi connectivity index (χ3v) is 5.29. The number of nitrogens with two attached hydrogens (primary N) is 1. The first-order valence-electron chi connectivity index (χ1n) is 8.45. The van der Waals surface area contributed by atoms with Gasteiger partial charge < -0.3 is 10.5 Å². The van der Waals surface area contributed by atoms with Crippen LogP contribution in [0.2, 0.25) is 0 Å². The monoisotopic (exact) mass is 307 g/mol. The van der Waals surface area contributed by atoms with Crippen molar-refractivity contribution in [1.82, 2.24) is 0 Å². The minimum absolute atomic E-state index is 0.168. The lowest BCUT2D eigenvalue weighted by Crippen LogP contribution is -2.42. The molecule has 2 atom stereocenters. The van der Waals surface area contributed by atoms with E-state index >= 15 is 0 Å². The van der Waals surface area contributed by atoms with E-state index in [1.54, 1.807) is 0 Å². The van der Waals surface area contributed by atoms with Gasteiger partial charge in [0.1, 0.15) is 11.9 Å². The first kappa shape index (κ1) is 16.7. The minimum Gasteiger partial charge on any atom is -0.487 e. The molecule has 1 aliphatic heterocycles. The van der Waals surface area contributed by atoms with Gasteiger partial charge in [0.15, 0.2) is 0 Å². The molecule has 0 amide bonds. The fourth-order valence-electron chi connectivity index (χ4n) is 2.77. The molecule has 0 bridgehead atoms. The average Bonchev–Trinajstić information content (AvgIpc) is 2.53.